The summed E-state index contributed by atoms with van der Waals surface area (Å²) < 4.78 is 1.13. The first-order valence-electron chi connectivity index (χ1n) is 6.38. The van der Waals surface area contributed by atoms with E-state index in [1.165, 1.54) is 16.7 Å². The SMILES string of the molecule is CN(Cc1cccc(Br)c1)Cc1cccc(CN)c1. The molecule has 0 radical (unpaired) electrons. The topological polar surface area (TPSA) is 29.3 Å². The average Bonchev–Trinajstić information content (AvgIpc) is 2.38. The van der Waals surface area contributed by atoms with E-state index in [0.29, 0.717) is 6.54 Å². The number of hydrogen-bond donors (Lipinski definition) is 1. The van der Waals surface area contributed by atoms with Crippen molar-refractivity contribution in [1.29, 1.82) is 0 Å². The summed E-state index contributed by atoms with van der Waals surface area (Å²) in [6.45, 7) is 2.47. The van der Waals surface area contributed by atoms with E-state index in [1.54, 1.807) is 0 Å². The summed E-state index contributed by atoms with van der Waals surface area (Å²) >= 11 is 3.51. The van der Waals surface area contributed by atoms with Gasteiger partial charge in [-0.25, -0.2) is 0 Å². The fourth-order valence-electron chi connectivity index (χ4n) is 2.17. The summed E-state index contributed by atoms with van der Waals surface area (Å²) in [4.78, 5) is 2.30. The first kappa shape index (κ1) is 14.3. The molecule has 0 saturated heterocycles. The Hall–Kier alpha value is -1.16. The van der Waals surface area contributed by atoms with Gasteiger partial charge in [-0.05, 0) is 35.9 Å². The summed E-state index contributed by atoms with van der Waals surface area (Å²) in [6, 6.07) is 16.9. The lowest BCUT2D eigenvalue weighted by Gasteiger charge is -2.17. The Bertz CT molecular complexity index is 540. The molecule has 0 atom stereocenters. The largest absolute Gasteiger partial charge is 0.326 e. The van der Waals surface area contributed by atoms with Gasteiger partial charge < -0.3 is 5.73 Å². The lowest BCUT2D eigenvalue weighted by molar-refractivity contribution is 0.319. The highest BCUT2D eigenvalue weighted by Crippen LogP contribution is 2.14. The monoisotopic (exact) mass is 318 g/mol. The molecule has 0 amide bonds. The van der Waals surface area contributed by atoms with Crippen LogP contribution < -0.4 is 5.73 Å². The van der Waals surface area contributed by atoms with Crippen molar-refractivity contribution < 1.29 is 0 Å². The molecule has 2 rings (SSSR count). The van der Waals surface area contributed by atoms with Crippen LogP contribution in [0, 0.1) is 0 Å². The van der Waals surface area contributed by atoms with Gasteiger partial charge in [-0.2, -0.15) is 0 Å². The standard InChI is InChI=1S/C16H19BrN2/c1-19(12-15-6-3-7-16(17)9-15)11-14-5-2-4-13(8-14)10-18/h2-9H,10-12,18H2,1H3. The molecule has 0 aliphatic carbocycles. The molecule has 2 nitrogen and oxygen atoms in total. The van der Waals surface area contributed by atoms with Crippen LogP contribution in [0.15, 0.2) is 53.0 Å². The van der Waals surface area contributed by atoms with E-state index in [4.69, 9.17) is 5.73 Å². The van der Waals surface area contributed by atoms with Gasteiger partial charge >= 0.3 is 0 Å². The van der Waals surface area contributed by atoms with Gasteiger partial charge in [-0.15, -0.1) is 0 Å². The summed E-state index contributed by atoms with van der Waals surface area (Å²) in [5.41, 5.74) is 9.48. The lowest BCUT2D eigenvalue weighted by Crippen LogP contribution is -2.17. The number of nitrogens with zero attached hydrogens (tertiary/aromatic N) is 1. The maximum Gasteiger partial charge on any atom is 0.0234 e. The summed E-state index contributed by atoms with van der Waals surface area (Å²) in [7, 11) is 2.13. The molecule has 0 fully saturated rings. The predicted octanol–water partition coefficient (Wildman–Crippen LogP) is 3.54. The molecule has 0 bridgehead atoms. The van der Waals surface area contributed by atoms with E-state index in [2.05, 4.69) is 70.3 Å². The Balaban J connectivity index is 1.98. The van der Waals surface area contributed by atoms with Gasteiger partial charge in [0, 0.05) is 24.1 Å². The molecular formula is C16H19BrN2. The minimum Gasteiger partial charge on any atom is -0.326 e. The molecule has 0 unspecified atom stereocenters. The van der Waals surface area contributed by atoms with Crippen molar-refractivity contribution in [1.82, 2.24) is 4.90 Å². The van der Waals surface area contributed by atoms with E-state index < -0.39 is 0 Å². The molecule has 100 valence electrons. The Morgan fingerprint density at radius 1 is 0.947 bits per heavy atom. The second-order valence-electron chi connectivity index (χ2n) is 4.83. The molecule has 0 spiro atoms. The van der Waals surface area contributed by atoms with Gasteiger partial charge in [0.25, 0.3) is 0 Å². The van der Waals surface area contributed by atoms with Crippen molar-refractivity contribution in [3.63, 3.8) is 0 Å². The van der Waals surface area contributed by atoms with Crippen LogP contribution in [-0.4, -0.2) is 11.9 Å². The number of halogens is 1. The smallest absolute Gasteiger partial charge is 0.0234 e. The highest BCUT2D eigenvalue weighted by molar-refractivity contribution is 9.10. The van der Waals surface area contributed by atoms with Crippen LogP contribution in [0.4, 0.5) is 0 Å². The zero-order valence-electron chi connectivity index (χ0n) is 11.1. The molecule has 3 heteroatoms. The number of benzene rings is 2. The Labute approximate surface area is 123 Å². The van der Waals surface area contributed by atoms with Gasteiger partial charge in [-0.1, -0.05) is 52.3 Å². The highest BCUT2D eigenvalue weighted by Gasteiger charge is 2.03. The van der Waals surface area contributed by atoms with Gasteiger partial charge in [-0.3, -0.25) is 4.90 Å². The molecule has 0 aromatic heterocycles. The maximum absolute atomic E-state index is 5.67. The van der Waals surface area contributed by atoms with Crippen molar-refractivity contribution >= 4 is 15.9 Å². The zero-order valence-corrected chi connectivity index (χ0v) is 12.7. The van der Waals surface area contributed by atoms with Gasteiger partial charge in [0.15, 0.2) is 0 Å². The number of hydrogen-bond acceptors (Lipinski definition) is 2. The Morgan fingerprint density at radius 2 is 1.53 bits per heavy atom. The van der Waals surface area contributed by atoms with Gasteiger partial charge in [0.1, 0.15) is 0 Å². The van der Waals surface area contributed by atoms with Crippen molar-refractivity contribution in [3.8, 4) is 0 Å². The first-order chi connectivity index (χ1) is 9.17. The molecule has 0 heterocycles. The van der Waals surface area contributed by atoms with Gasteiger partial charge in [0.05, 0.1) is 0 Å². The third kappa shape index (κ3) is 4.46. The van der Waals surface area contributed by atoms with Crippen LogP contribution in [0.25, 0.3) is 0 Å². The molecule has 0 aliphatic heterocycles. The van der Waals surface area contributed by atoms with Crippen molar-refractivity contribution in [2.75, 3.05) is 7.05 Å². The normalized spacial score (nSPS) is 10.9. The predicted molar refractivity (Wildman–Crippen MR) is 83.6 cm³/mol. The van der Waals surface area contributed by atoms with Crippen molar-refractivity contribution in [2.45, 2.75) is 19.6 Å². The quantitative estimate of drug-likeness (QED) is 0.913. The first-order valence-corrected chi connectivity index (χ1v) is 7.17. The molecule has 0 saturated carbocycles. The Kier molecular flexibility index (Phi) is 5.14. The van der Waals surface area contributed by atoms with Crippen molar-refractivity contribution in [3.05, 3.63) is 69.7 Å². The number of nitrogens with two attached hydrogens (primary N) is 1. The Morgan fingerprint density at radius 3 is 2.16 bits per heavy atom. The van der Waals surface area contributed by atoms with Crippen LogP contribution in [0.1, 0.15) is 16.7 Å². The minimum absolute atomic E-state index is 0.600. The van der Waals surface area contributed by atoms with Crippen LogP contribution in [0.2, 0.25) is 0 Å². The average molecular weight is 319 g/mol. The van der Waals surface area contributed by atoms with Crippen molar-refractivity contribution in [2.24, 2.45) is 5.73 Å². The van der Waals surface area contributed by atoms with E-state index in [1.807, 2.05) is 6.07 Å². The molecule has 2 N–H and O–H groups in total. The minimum atomic E-state index is 0.600. The van der Waals surface area contributed by atoms with Crippen LogP contribution in [0.3, 0.4) is 0 Å². The molecule has 2 aromatic rings. The maximum atomic E-state index is 5.67. The van der Waals surface area contributed by atoms with E-state index in [9.17, 15) is 0 Å². The molecule has 2 aromatic carbocycles. The summed E-state index contributed by atoms with van der Waals surface area (Å²) in [5, 5.41) is 0. The van der Waals surface area contributed by atoms with E-state index in [0.717, 1.165) is 17.6 Å². The second kappa shape index (κ2) is 6.85. The van der Waals surface area contributed by atoms with Crippen LogP contribution in [0.5, 0.6) is 0 Å². The zero-order chi connectivity index (χ0) is 13.7. The van der Waals surface area contributed by atoms with Crippen LogP contribution >= 0.6 is 15.9 Å². The summed E-state index contributed by atoms with van der Waals surface area (Å²) in [6.07, 6.45) is 0. The third-order valence-electron chi connectivity index (χ3n) is 3.02. The fourth-order valence-corrected chi connectivity index (χ4v) is 2.62. The van der Waals surface area contributed by atoms with E-state index >= 15 is 0 Å². The van der Waals surface area contributed by atoms with Crippen LogP contribution in [-0.2, 0) is 19.6 Å². The van der Waals surface area contributed by atoms with Gasteiger partial charge in [0.2, 0.25) is 0 Å². The molecule has 0 aliphatic rings. The molecular weight excluding hydrogens is 300 g/mol. The fraction of sp³-hybridized carbons (Fsp3) is 0.250. The third-order valence-corrected chi connectivity index (χ3v) is 3.51. The second-order valence-corrected chi connectivity index (χ2v) is 5.74. The number of rotatable bonds is 5. The molecule has 19 heavy (non-hydrogen) atoms. The lowest BCUT2D eigenvalue weighted by atomic mass is 10.1. The highest BCUT2D eigenvalue weighted by atomic mass is 79.9. The van der Waals surface area contributed by atoms with E-state index in [-0.39, 0.29) is 0 Å². The summed E-state index contributed by atoms with van der Waals surface area (Å²) in [5.74, 6) is 0.